The highest BCUT2D eigenvalue weighted by molar-refractivity contribution is 5.93. The summed E-state index contributed by atoms with van der Waals surface area (Å²) < 4.78 is 1.77. The number of fused-ring (bicyclic) bond motifs is 1. The molecule has 3 N–H and O–H groups in total. The normalized spacial score (nSPS) is 15.7. The molecule has 0 saturated carbocycles. The quantitative estimate of drug-likeness (QED) is 0.605. The lowest BCUT2D eigenvalue weighted by molar-refractivity contribution is 0.0698. The van der Waals surface area contributed by atoms with Crippen LogP contribution < -0.4 is 10.6 Å². The van der Waals surface area contributed by atoms with Crippen LogP contribution in [0.25, 0.3) is 0 Å². The summed E-state index contributed by atoms with van der Waals surface area (Å²) in [6, 6.07) is 8.01. The zero-order valence-corrected chi connectivity index (χ0v) is 15.7. The van der Waals surface area contributed by atoms with Crippen molar-refractivity contribution in [3.05, 3.63) is 65.7 Å². The van der Waals surface area contributed by atoms with E-state index >= 15 is 0 Å². The number of nitrogens with zero attached hydrogens (tertiary/aromatic N) is 3. The maximum Gasteiger partial charge on any atom is 0.337 e. The summed E-state index contributed by atoms with van der Waals surface area (Å²) in [5.74, 6) is -0.599. The minimum Gasteiger partial charge on any atom is -0.478 e. The van der Waals surface area contributed by atoms with Gasteiger partial charge in [-0.15, -0.1) is 0 Å². The smallest absolute Gasteiger partial charge is 0.337 e. The van der Waals surface area contributed by atoms with Crippen molar-refractivity contribution in [3.8, 4) is 0 Å². The minimum atomic E-state index is -0.944. The Kier molecular flexibility index (Phi) is 4.97. The number of rotatable bonds is 6. The number of carboxylic acid groups (broad SMARTS) is 1. The maximum atomic E-state index is 11.4. The summed E-state index contributed by atoms with van der Waals surface area (Å²) in [6.45, 7) is 0.689. The van der Waals surface area contributed by atoms with Crippen molar-refractivity contribution in [2.45, 2.75) is 25.2 Å². The van der Waals surface area contributed by atoms with E-state index in [4.69, 9.17) is 0 Å². The topological polar surface area (TPSA) is 92.1 Å². The molecule has 1 aromatic carbocycles. The van der Waals surface area contributed by atoms with Crippen LogP contribution in [-0.2, 0) is 13.5 Å². The molecule has 2 heterocycles. The molecular weight excluding hydrogens is 354 g/mol. The van der Waals surface area contributed by atoms with E-state index in [2.05, 4.69) is 38.9 Å². The second kappa shape index (κ2) is 7.72. The summed E-state index contributed by atoms with van der Waals surface area (Å²) in [4.78, 5) is 15.4. The number of aromatic nitrogens is 3. The number of pyridine rings is 1. The molecule has 28 heavy (non-hydrogen) atoms. The molecule has 0 unspecified atom stereocenters. The first kappa shape index (κ1) is 18.0. The van der Waals surface area contributed by atoms with Crippen molar-refractivity contribution >= 4 is 23.0 Å². The summed E-state index contributed by atoms with van der Waals surface area (Å²) in [5, 5.41) is 20.2. The predicted molar refractivity (Wildman–Crippen MR) is 108 cm³/mol. The Hall–Kier alpha value is -3.35. The average Bonchev–Trinajstić information content (AvgIpc) is 3.10. The van der Waals surface area contributed by atoms with Gasteiger partial charge < -0.3 is 15.7 Å². The SMILES string of the molecule is Cn1cc(Nc2ccc3c(c2)CCC[C@H]3CNc2cnccc2C(=O)O)cn1. The zero-order chi connectivity index (χ0) is 19.5. The third-order valence-electron chi connectivity index (χ3n) is 5.17. The number of anilines is 3. The molecule has 0 aliphatic heterocycles. The predicted octanol–water partition coefficient (Wildman–Crippen LogP) is 3.79. The molecule has 1 aliphatic carbocycles. The van der Waals surface area contributed by atoms with Gasteiger partial charge in [0.2, 0.25) is 0 Å². The Balaban J connectivity index is 1.49. The van der Waals surface area contributed by atoms with E-state index in [-0.39, 0.29) is 5.56 Å². The van der Waals surface area contributed by atoms with Crippen LogP contribution >= 0.6 is 0 Å². The molecule has 0 saturated heterocycles. The largest absolute Gasteiger partial charge is 0.478 e. The summed E-state index contributed by atoms with van der Waals surface area (Å²) in [5.41, 5.74) is 5.52. The molecule has 0 amide bonds. The Bertz CT molecular complexity index is 998. The van der Waals surface area contributed by atoms with Crippen LogP contribution in [-0.4, -0.2) is 32.4 Å². The number of carboxylic acids is 1. The molecule has 0 radical (unpaired) electrons. The molecule has 7 heteroatoms. The highest BCUT2D eigenvalue weighted by atomic mass is 16.4. The van der Waals surface area contributed by atoms with Gasteiger partial charge in [0.05, 0.1) is 29.3 Å². The van der Waals surface area contributed by atoms with Crippen molar-refractivity contribution in [3.63, 3.8) is 0 Å². The molecule has 0 bridgehead atoms. The maximum absolute atomic E-state index is 11.4. The van der Waals surface area contributed by atoms with Crippen LogP contribution in [0.4, 0.5) is 17.1 Å². The molecular formula is C21H23N5O2. The van der Waals surface area contributed by atoms with Crippen LogP contribution in [0, 0.1) is 0 Å². The van der Waals surface area contributed by atoms with Gasteiger partial charge in [-0.3, -0.25) is 9.67 Å². The first-order valence-corrected chi connectivity index (χ1v) is 9.40. The Labute approximate surface area is 163 Å². The first-order chi connectivity index (χ1) is 13.6. The first-order valence-electron chi connectivity index (χ1n) is 9.40. The fourth-order valence-corrected chi connectivity index (χ4v) is 3.81. The summed E-state index contributed by atoms with van der Waals surface area (Å²) >= 11 is 0. The Morgan fingerprint density at radius 1 is 1.29 bits per heavy atom. The molecule has 2 aromatic heterocycles. The molecule has 3 aromatic rings. The number of carbonyl (C=O) groups is 1. The van der Waals surface area contributed by atoms with Gasteiger partial charge in [0, 0.05) is 37.6 Å². The van der Waals surface area contributed by atoms with E-state index in [1.807, 2.05) is 13.2 Å². The average molecular weight is 377 g/mol. The number of hydrogen-bond donors (Lipinski definition) is 3. The standard InChI is InChI=1S/C21H23N5O2/c1-26-13-17(11-24-26)25-16-5-6-18-14(9-16)3-2-4-15(18)10-23-20-12-22-8-7-19(20)21(27)28/h5-9,11-13,15,23,25H,2-4,10H2,1H3,(H,27,28)/t15-/m0/s1. The van der Waals surface area contributed by atoms with Crippen LogP contribution in [0.1, 0.15) is 40.2 Å². The highest BCUT2D eigenvalue weighted by Gasteiger charge is 2.21. The summed E-state index contributed by atoms with van der Waals surface area (Å²) in [6.07, 6.45) is 10.1. The third-order valence-corrected chi connectivity index (χ3v) is 5.17. The Morgan fingerprint density at radius 3 is 2.96 bits per heavy atom. The summed E-state index contributed by atoms with van der Waals surface area (Å²) in [7, 11) is 1.90. The fraction of sp³-hybridized carbons (Fsp3) is 0.286. The highest BCUT2D eigenvalue weighted by Crippen LogP contribution is 2.34. The molecule has 0 fully saturated rings. The number of aryl methyl sites for hydroxylation is 2. The van der Waals surface area contributed by atoms with Gasteiger partial charge in [0.15, 0.2) is 0 Å². The van der Waals surface area contributed by atoms with Gasteiger partial charge in [0.25, 0.3) is 0 Å². The fourth-order valence-electron chi connectivity index (χ4n) is 3.81. The van der Waals surface area contributed by atoms with Crippen molar-refractivity contribution in [2.75, 3.05) is 17.2 Å². The number of aromatic carboxylic acids is 1. The molecule has 7 nitrogen and oxygen atoms in total. The van der Waals surface area contributed by atoms with E-state index in [0.717, 1.165) is 30.6 Å². The van der Waals surface area contributed by atoms with Crippen molar-refractivity contribution < 1.29 is 9.90 Å². The van der Waals surface area contributed by atoms with Crippen LogP contribution in [0.15, 0.2) is 49.1 Å². The van der Waals surface area contributed by atoms with Crippen LogP contribution in [0.2, 0.25) is 0 Å². The van der Waals surface area contributed by atoms with Gasteiger partial charge in [-0.05, 0) is 48.6 Å². The second-order valence-electron chi connectivity index (χ2n) is 7.14. The minimum absolute atomic E-state index is 0.252. The lowest BCUT2D eigenvalue weighted by Gasteiger charge is -2.27. The number of benzene rings is 1. The van der Waals surface area contributed by atoms with E-state index in [1.54, 1.807) is 17.1 Å². The molecule has 144 valence electrons. The van der Waals surface area contributed by atoms with Crippen molar-refractivity contribution in [1.82, 2.24) is 14.8 Å². The van der Waals surface area contributed by atoms with E-state index < -0.39 is 5.97 Å². The molecule has 0 spiro atoms. The van der Waals surface area contributed by atoms with Gasteiger partial charge in [-0.25, -0.2) is 4.79 Å². The molecule has 1 aliphatic rings. The van der Waals surface area contributed by atoms with Crippen LogP contribution in [0.3, 0.4) is 0 Å². The second-order valence-corrected chi connectivity index (χ2v) is 7.14. The van der Waals surface area contributed by atoms with Gasteiger partial charge in [-0.1, -0.05) is 6.07 Å². The number of hydrogen-bond acceptors (Lipinski definition) is 5. The van der Waals surface area contributed by atoms with E-state index in [9.17, 15) is 9.90 Å². The lowest BCUT2D eigenvalue weighted by atomic mass is 9.82. The van der Waals surface area contributed by atoms with Gasteiger partial charge in [-0.2, -0.15) is 5.10 Å². The third kappa shape index (κ3) is 3.83. The van der Waals surface area contributed by atoms with Crippen LogP contribution in [0.5, 0.6) is 0 Å². The Morgan fingerprint density at radius 2 is 2.18 bits per heavy atom. The number of nitrogens with one attached hydrogen (secondary N) is 2. The van der Waals surface area contributed by atoms with Gasteiger partial charge >= 0.3 is 5.97 Å². The molecule has 1 atom stereocenters. The van der Waals surface area contributed by atoms with Crippen molar-refractivity contribution in [2.24, 2.45) is 7.05 Å². The monoisotopic (exact) mass is 377 g/mol. The van der Waals surface area contributed by atoms with E-state index in [1.165, 1.54) is 23.4 Å². The molecule has 4 rings (SSSR count). The van der Waals surface area contributed by atoms with E-state index in [0.29, 0.717) is 18.2 Å². The van der Waals surface area contributed by atoms with Crippen molar-refractivity contribution in [1.29, 1.82) is 0 Å². The van der Waals surface area contributed by atoms with Gasteiger partial charge in [0.1, 0.15) is 0 Å². The zero-order valence-electron chi connectivity index (χ0n) is 15.7. The lowest BCUT2D eigenvalue weighted by Crippen LogP contribution is -2.19.